The normalized spacial score (nSPS) is 25.9. The lowest BCUT2D eigenvalue weighted by Crippen LogP contribution is -2.49. The fraction of sp³-hybridized carbons (Fsp3) is 1.00. The highest BCUT2D eigenvalue weighted by atomic mass is 16.5. The molecule has 0 aromatic carbocycles. The van der Waals surface area contributed by atoms with E-state index in [1.165, 1.54) is 0 Å². The molecule has 0 aliphatic carbocycles. The third-order valence-corrected chi connectivity index (χ3v) is 3.49. The lowest BCUT2D eigenvalue weighted by molar-refractivity contribution is 0.107. The lowest BCUT2D eigenvalue weighted by atomic mass is 10.0. The van der Waals surface area contributed by atoms with Crippen LogP contribution >= 0.6 is 0 Å². The Hall–Kier alpha value is -0.160. The monoisotopic (exact) mass is 230 g/mol. The fourth-order valence-corrected chi connectivity index (χ4v) is 2.58. The number of aliphatic hydroxyl groups excluding tert-OH is 1. The molecule has 0 radical (unpaired) electrons. The average Bonchev–Trinajstić information content (AvgIpc) is 2.68. The van der Waals surface area contributed by atoms with Gasteiger partial charge in [0.15, 0.2) is 0 Å². The van der Waals surface area contributed by atoms with Crippen LogP contribution < -0.4 is 5.73 Å². The van der Waals surface area contributed by atoms with Gasteiger partial charge in [0.1, 0.15) is 0 Å². The Kier molecular flexibility index (Phi) is 6.28. The van der Waals surface area contributed by atoms with Gasteiger partial charge in [-0.3, -0.25) is 4.90 Å². The Bertz CT molecular complexity index is 190. The summed E-state index contributed by atoms with van der Waals surface area (Å²) in [4.78, 5) is 2.32. The van der Waals surface area contributed by atoms with Crippen molar-refractivity contribution in [2.45, 2.75) is 38.3 Å². The summed E-state index contributed by atoms with van der Waals surface area (Å²) in [6.07, 6.45) is 3.22. The van der Waals surface area contributed by atoms with Gasteiger partial charge in [0.2, 0.25) is 0 Å². The van der Waals surface area contributed by atoms with Crippen LogP contribution in [0.4, 0.5) is 0 Å². The molecule has 4 nitrogen and oxygen atoms in total. The highest BCUT2D eigenvalue weighted by Gasteiger charge is 2.30. The van der Waals surface area contributed by atoms with E-state index in [1.54, 1.807) is 7.11 Å². The molecular formula is C12H26N2O2. The van der Waals surface area contributed by atoms with Gasteiger partial charge in [-0.05, 0) is 25.3 Å². The fourth-order valence-electron chi connectivity index (χ4n) is 2.58. The van der Waals surface area contributed by atoms with E-state index in [9.17, 15) is 5.11 Å². The zero-order valence-corrected chi connectivity index (χ0v) is 10.6. The zero-order valence-electron chi connectivity index (χ0n) is 10.6. The summed E-state index contributed by atoms with van der Waals surface area (Å²) in [7, 11) is 1.75. The van der Waals surface area contributed by atoms with Crippen molar-refractivity contribution in [2.24, 2.45) is 11.7 Å². The Labute approximate surface area is 98.8 Å². The summed E-state index contributed by atoms with van der Waals surface area (Å²) in [6, 6.07) is 0.220. The minimum absolute atomic E-state index is 0.0938. The van der Waals surface area contributed by atoms with Gasteiger partial charge in [0.25, 0.3) is 0 Å². The highest BCUT2D eigenvalue weighted by molar-refractivity contribution is 4.87. The van der Waals surface area contributed by atoms with Crippen LogP contribution in [0.25, 0.3) is 0 Å². The van der Waals surface area contributed by atoms with Crippen LogP contribution in [0.1, 0.15) is 26.2 Å². The molecule has 0 amide bonds. The number of likely N-dealkylation sites (tertiary alicyclic amines) is 1. The van der Waals surface area contributed by atoms with E-state index in [2.05, 4.69) is 11.8 Å². The molecule has 0 spiro atoms. The largest absolute Gasteiger partial charge is 0.395 e. The van der Waals surface area contributed by atoms with Crippen LogP contribution in [0.2, 0.25) is 0 Å². The summed E-state index contributed by atoms with van der Waals surface area (Å²) in [5.74, 6) is 0.605. The van der Waals surface area contributed by atoms with Crippen molar-refractivity contribution in [1.82, 2.24) is 4.90 Å². The molecule has 1 rings (SSSR count). The van der Waals surface area contributed by atoms with E-state index in [4.69, 9.17) is 10.5 Å². The molecule has 1 fully saturated rings. The molecule has 0 aromatic heterocycles. The first-order chi connectivity index (χ1) is 7.72. The lowest BCUT2D eigenvalue weighted by Gasteiger charge is -2.31. The number of aliphatic hydroxyl groups is 1. The number of hydrogen-bond donors (Lipinski definition) is 2. The minimum Gasteiger partial charge on any atom is -0.395 e. The summed E-state index contributed by atoms with van der Waals surface area (Å²) in [5, 5.41) is 9.45. The van der Waals surface area contributed by atoms with Gasteiger partial charge in [-0.15, -0.1) is 0 Å². The molecule has 3 N–H and O–H groups in total. The topological polar surface area (TPSA) is 58.7 Å². The number of methoxy groups -OCH3 is 1. The third-order valence-electron chi connectivity index (χ3n) is 3.49. The van der Waals surface area contributed by atoms with Crippen molar-refractivity contribution in [3.8, 4) is 0 Å². The second-order valence-corrected chi connectivity index (χ2v) is 4.81. The Morgan fingerprint density at radius 3 is 2.88 bits per heavy atom. The first-order valence-corrected chi connectivity index (χ1v) is 6.32. The Balaban J connectivity index is 2.42. The molecule has 3 atom stereocenters. The molecule has 1 aliphatic rings. The van der Waals surface area contributed by atoms with Gasteiger partial charge in [0, 0.05) is 25.7 Å². The van der Waals surface area contributed by atoms with Crippen LogP contribution in [0.5, 0.6) is 0 Å². The first-order valence-electron chi connectivity index (χ1n) is 6.32. The standard InChI is InChI=1S/C12H26N2O2/c1-3-4-11(13)12(8-15)14-6-5-10(7-14)9-16-2/h10-12,15H,3-9,13H2,1-2H3. The average molecular weight is 230 g/mol. The van der Waals surface area contributed by atoms with E-state index >= 15 is 0 Å². The number of ether oxygens (including phenoxy) is 1. The van der Waals surface area contributed by atoms with Crippen LogP contribution in [0.3, 0.4) is 0 Å². The SMILES string of the molecule is CCCC(N)C(CO)N1CCC(COC)C1. The molecule has 4 heteroatoms. The van der Waals surface area contributed by atoms with Gasteiger partial charge < -0.3 is 15.6 Å². The maximum absolute atomic E-state index is 9.45. The number of rotatable bonds is 7. The van der Waals surface area contributed by atoms with Crippen molar-refractivity contribution >= 4 is 0 Å². The van der Waals surface area contributed by atoms with Crippen molar-refractivity contribution < 1.29 is 9.84 Å². The quantitative estimate of drug-likeness (QED) is 0.666. The third kappa shape index (κ3) is 3.70. The maximum atomic E-state index is 9.45. The molecule has 96 valence electrons. The number of hydrogen-bond acceptors (Lipinski definition) is 4. The van der Waals surface area contributed by atoms with E-state index in [0.29, 0.717) is 5.92 Å². The predicted octanol–water partition coefficient (Wildman–Crippen LogP) is 0.443. The van der Waals surface area contributed by atoms with E-state index in [-0.39, 0.29) is 18.7 Å². The smallest absolute Gasteiger partial charge is 0.0601 e. The Morgan fingerprint density at radius 2 is 2.31 bits per heavy atom. The van der Waals surface area contributed by atoms with Crippen molar-refractivity contribution in [1.29, 1.82) is 0 Å². The minimum atomic E-state index is 0.0938. The van der Waals surface area contributed by atoms with Gasteiger partial charge >= 0.3 is 0 Å². The molecular weight excluding hydrogens is 204 g/mol. The van der Waals surface area contributed by atoms with Crippen molar-refractivity contribution in [3.63, 3.8) is 0 Å². The Morgan fingerprint density at radius 1 is 1.56 bits per heavy atom. The second-order valence-electron chi connectivity index (χ2n) is 4.81. The summed E-state index contributed by atoms with van der Waals surface area (Å²) in [6.45, 7) is 5.16. The van der Waals surface area contributed by atoms with E-state index in [0.717, 1.165) is 39.0 Å². The predicted molar refractivity (Wildman–Crippen MR) is 65.3 cm³/mol. The van der Waals surface area contributed by atoms with Gasteiger partial charge in [-0.1, -0.05) is 13.3 Å². The van der Waals surface area contributed by atoms with Crippen LogP contribution in [-0.4, -0.2) is 55.5 Å². The molecule has 0 aromatic rings. The molecule has 1 heterocycles. The second kappa shape index (κ2) is 7.22. The van der Waals surface area contributed by atoms with Gasteiger partial charge in [-0.25, -0.2) is 0 Å². The van der Waals surface area contributed by atoms with E-state index in [1.807, 2.05) is 0 Å². The zero-order chi connectivity index (χ0) is 12.0. The summed E-state index contributed by atoms with van der Waals surface area (Å²) >= 11 is 0. The maximum Gasteiger partial charge on any atom is 0.0601 e. The van der Waals surface area contributed by atoms with Crippen LogP contribution in [0, 0.1) is 5.92 Å². The summed E-state index contributed by atoms with van der Waals surface area (Å²) in [5.41, 5.74) is 6.11. The molecule has 0 bridgehead atoms. The molecule has 1 saturated heterocycles. The summed E-state index contributed by atoms with van der Waals surface area (Å²) < 4.78 is 5.18. The number of nitrogens with zero attached hydrogens (tertiary/aromatic N) is 1. The van der Waals surface area contributed by atoms with Crippen LogP contribution in [0.15, 0.2) is 0 Å². The van der Waals surface area contributed by atoms with E-state index < -0.39 is 0 Å². The van der Waals surface area contributed by atoms with Gasteiger partial charge in [0.05, 0.1) is 13.2 Å². The van der Waals surface area contributed by atoms with Crippen molar-refractivity contribution in [3.05, 3.63) is 0 Å². The molecule has 1 aliphatic heterocycles. The first kappa shape index (κ1) is 13.9. The number of nitrogens with two attached hydrogens (primary N) is 1. The van der Waals surface area contributed by atoms with Gasteiger partial charge in [-0.2, -0.15) is 0 Å². The van der Waals surface area contributed by atoms with Crippen molar-refractivity contribution in [2.75, 3.05) is 33.4 Å². The highest BCUT2D eigenvalue weighted by Crippen LogP contribution is 2.20. The molecule has 16 heavy (non-hydrogen) atoms. The molecule has 0 saturated carbocycles. The molecule has 3 unspecified atom stereocenters. The van der Waals surface area contributed by atoms with Crippen LogP contribution in [-0.2, 0) is 4.74 Å².